The molecule has 2 rings (SSSR count). The number of carbonyl (C=O) groups is 3. The summed E-state index contributed by atoms with van der Waals surface area (Å²) in [6.45, 7) is 7.17. The lowest BCUT2D eigenvalue weighted by molar-refractivity contribution is -0.120. The van der Waals surface area contributed by atoms with Crippen molar-refractivity contribution in [3.05, 3.63) is 53.6 Å². The van der Waals surface area contributed by atoms with Crippen LogP contribution in [-0.4, -0.2) is 44.0 Å². The van der Waals surface area contributed by atoms with Crippen molar-refractivity contribution in [3.63, 3.8) is 0 Å². The van der Waals surface area contributed by atoms with Gasteiger partial charge in [0, 0.05) is 36.3 Å². The Morgan fingerprint density at radius 1 is 0.742 bits per heavy atom. The number of anilines is 1. The van der Waals surface area contributed by atoms with Crippen molar-refractivity contribution >= 4 is 23.4 Å². The Bertz CT molecular complexity index is 897. The van der Waals surface area contributed by atoms with E-state index in [-0.39, 0.29) is 17.7 Å². The van der Waals surface area contributed by atoms with Gasteiger partial charge in [0.25, 0.3) is 11.8 Å². The second-order valence-electron chi connectivity index (χ2n) is 6.52. The van der Waals surface area contributed by atoms with Crippen LogP contribution in [0, 0.1) is 0 Å². The number of ether oxygens (including phenoxy) is 2. The molecule has 0 aliphatic carbocycles. The van der Waals surface area contributed by atoms with Crippen LogP contribution in [0.3, 0.4) is 0 Å². The number of rotatable bonds is 11. The normalized spacial score (nSPS) is 10.2. The highest BCUT2D eigenvalue weighted by Gasteiger charge is 2.12. The number of hydrogen-bond donors (Lipinski definition) is 3. The van der Waals surface area contributed by atoms with Gasteiger partial charge in [-0.25, -0.2) is 0 Å². The smallest absolute Gasteiger partial charge is 0.255 e. The molecule has 2 aromatic rings. The molecule has 0 aromatic heterocycles. The second-order valence-corrected chi connectivity index (χ2v) is 6.52. The zero-order chi connectivity index (χ0) is 22.6. The van der Waals surface area contributed by atoms with Crippen LogP contribution >= 0.6 is 0 Å². The highest BCUT2D eigenvalue weighted by molar-refractivity contribution is 6.05. The number of carbonyl (C=O) groups excluding carboxylic acids is 3. The van der Waals surface area contributed by atoms with Gasteiger partial charge in [-0.05, 0) is 56.3 Å². The quantitative estimate of drug-likeness (QED) is 0.478. The summed E-state index contributed by atoms with van der Waals surface area (Å²) in [4.78, 5) is 35.9. The minimum Gasteiger partial charge on any atom is -0.490 e. The Hall–Kier alpha value is -3.55. The molecule has 8 nitrogen and oxygen atoms in total. The Morgan fingerprint density at radius 2 is 1.35 bits per heavy atom. The molecule has 0 unspecified atom stereocenters. The first-order chi connectivity index (χ1) is 15.0. The topological polar surface area (TPSA) is 106 Å². The summed E-state index contributed by atoms with van der Waals surface area (Å²) in [7, 11) is 0. The highest BCUT2D eigenvalue weighted by Crippen LogP contribution is 2.29. The third-order valence-electron chi connectivity index (χ3n) is 4.26. The predicted octanol–water partition coefficient (Wildman–Crippen LogP) is 2.99. The molecule has 3 N–H and O–H groups in total. The molecule has 2 aromatic carbocycles. The zero-order valence-electron chi connectivity index (χ0n) is 18.1. The van der Waals surface area contributed by atoms with E-state index >= 15 is 0 Å². The van der Waals surface area contributed by atoms with E-state index < -0.39 is 0 Å². The molecule has 0 heterocycles. The molecule has 3 amide bonds. The van der Waals surface area contributed by atoms with Gasteiger partial charge in [0.2, 0.25) is 5.91 Å². The Balaban J connectivity index is 1.94. The van der Waals surface area contributed by atoms with Crippen molar-refractivity contribution in [2.75, 3.05) is 31.6 Å². The van der Waals surface area contributed by atoms with Crippen LogP contribution in [0.2, 0.25) is 0 Å². The average molecular weight is 428 g/mol. The Labute approximate surface area is 182 Å². The summed E-state index contributed by atoms with van der Waals surface area (Å²) < 4.78 is 11.1. The lowest BCUT2D eigenvalue weighted by Crippen LogP contribution is -2.34. The summed E-state index contributed by atoms with van der Waals surface area (Å²) in [5.41, 5.74) is 1.45. The van der Waals surface area contributed by atoms with E-state index in [0.717, 1.165) is 0 Å². The van der Waals surface area contributed by atoms with E-state index in [2.05, 4.69) is 16.0 Å². The van der Waals surface area contributed by atoms with Gasteiger partial charge in [-0.2, -0.15) is 0 Å². The first kappa shape index (κ1) is 23.7. The van der Waals surface area contributed by atoms with Crippen LogP contribution in [0.5, 0.6) is 11.5 Å². The maximum absolute atomic E-state index is 12.6. The average Bonchev–Trinajstić information content (AvgIpc) is 2.78. The largest absolute Gasteiger partial charge is 0.490 e. The molecule has 0 bridgehead atoms. The lowest BCUT2D eigenvalue weighted by atomic mass is 10.1. The second kappa shape index (κ2) is 12.2. The van der Waals surface area contributed by atoms with Crippen LogP contribution in [-0.2, 0) is 4.79 Å². The molecule has 0 aliphatic heterocycles. The molecule has 0 atom stereocenters. The van der Waals surface area contributed by atoms with Gasteiger partial charge >= 0.3 is 0 Å². The molecule has 166 valence electrons. The van der Waals surface area contributed by atoms with Crippen LogP contribution in [0.1, 0.15) is 47.9 Å². The van der Waals surface area contributed by atoms with Crippen LogP contribution < -0.4 is 25.4 Å². The molecule has 8 heteroatoms. The maximum Gasteiger partial charge on any atom is 0.255 e. The first-order valence-corrected chi connectivity index (χ1v) is 10.3. The number of benzene rings is 2. The first-order valence-electron chi connectivity index (χ1n) is 10.3. The van der Waals surface area contributed by atoms with Gasteiger partial charge in [-0.3, -0.25) is 14.4 Å². The van der Waals surface area contributed by atoms with Crippen molar-refractivity contribution < 1.29 is 23.9 Å². The van der Waals surface area contributed by atoms with Crippen molar-refractivity contribution in [2.45, 2.75) is 27.2 Å². The summed E-state index contributed by atoms with van der Waals surface area (Å²) in [6, 6.07) is 11.6. The van der Waals surface area contributed by atoms with Gasteiger partial charge in [0.05, 0.1) is 13.2 Å². The fourth-order valence-electron chi connectivity index (χ4n) is 2.71. The Kier molecular flexibility index (Phi) is 9.35. The molecule has 0 saturated carbocycles. The van der Waals surface area contributed by atoms with Crippen molar-refractivity contribution in [2.24, 2.45) is 0 Å². The summed E-state index contributed by atoms with van der Waals surface area (Å²) in [5, 5.41) is 8.22. The summed E-state index contributed by atoms with van der Waals surface area (Å²) in [6.07, 6.45) is 0.407. The summed E-state index contributed by atoms with van der Waals surface area (Å²) in [5.74, 6) is 0.490. The minimum absolute atomic E-state index is 0.0600. The fraction of sp³-hybridized carbons (Fsp3) is 0.348. The molecular weight excluding hydrogens is 398 g/mol. The van der Waals surface area contributed by atoms with Crippen molar-refractivity contribution in [1.29, 1.82) is 0 Å². The lowest BCUT2D eigenvalue weighted by Gasteiger charge is -2.12. The minimum atomic E-state index is -0.298. The van der Waals surface area contributed by atoms with E-state index in [0.29, 0.717) is 61.0 Å². The van der Waals surface area contributed by atoms with Gasteiger partial charge < -0.3 is 25.4 Å². The predicted molar refractivity (Wildman–Crippen MR) is 119 cm³/mol. The molecule has 31 heavy (non-hydrogen) atoms. The third kappa shape index (κ3) is 7.33. The van der Waals surface area contributed by atoms with E-state index in [1.54, 1.807) is 49.4 Å². The summed E-state index contributed by atoms with van der Waals surface area (Å²) >= 11 is 0. The number of amides is 3. The fourth-order valence-corrected chi connectivity index (χ4v) is 2.71. The van der Waals surface area contributed by atoms with Gasteiger partial charge in [0.1, 0.15) is 0 Å². The molecule has 0 saturated heterocycles. The molecule has 0 spiro atoms. The van der Waals surface area contributed by atoms with E-state index in [1.165, 1.54) is 0 Å². The number of hydrogen-bond acceptors (Lipinski definition) is 5. The number of nitrogens with one attached hydrogen (secondary N) is 3. The molecular formula is C23H29N3O5. The van der Waals surface area contributed by atoms with Crippen molar-refractivity contribution in [1.82, 2.24) is 10.6 Å². The molecule has 0 radical (unpaired) electrons. The SMILES string of the molecule is CCOc1ccc(C(=O)Nc2ccc(C(=O)NCCNC(=O)CC)cc2)cc1OCC. The van der Waals surface area contributed by atoms with Crippen LogP contribution in [0.4, 0.5) is 5.69 Å². The van der Waals surface area contributed by atoms with E-state index in [1.807, 2.05) is 13.8 Å². The standard InChI is InChI=1S/C23H29N3O5/c1-4-21(27)24-13-14-25-22(28)16-7-10-18(11-8-16)26-23(29)17-9-12-19(30-5-2)20(15-17)31-6-3/h7-12,15H,4-6,13-14H2,1-3H3,(H,24,27)(H,25,28)(H,26,29). The van der Waals surface area contributed by atoms with E-state index in [9.17, 15) is 14.4 Å². The monoisotopic (exact) mass is 427 g/mol. The molecule has 0 fully saturated rings. The molecule has 0 aliphatic rings. The Morgan fingerprint density at radius 3 is 2.00 bits per heavy atom. The third-order valence-corrected chi connectivity index (χ3v) is 4.26. The zero-order valence-corrected chi connectivity index (χ0v) is 18.1. The maximum atomic E-state index is 12.6. The van der Waals surface area contributed by atoms with Gasteiger partial charge in [-0.15, -0.1) is 0 Å². The van der Waals surface area contributed by atoms with Gasteiger partial charge in [0.15, 0.2) is 11.5 Å². The van der Waals surface area contributed by atoms with Gasteiger partial charge in [-0.1, -0.05) is 6.92 Å². The van der Waals surface area contributed by atoms with Crippen LogP contribution in [0.25, 0.3) is 0 Å². The highest BCUT2D eigenvalue weighted by atomic mass is 16.5. The van der Waals surface area contributed by atoms with Crippen molar-refractivity contribution in [3.8, 4) is 11.5 Å². The van der Waals surface area contributed by atoms with Crippen LogP contribution in [0.15, 0.2) is 42.5 Å². The van der Waals surface area contributed by atoms with E-state index in [4.69, 9.17) is 9.47 Å².